The van der Waals surface area contributed by atoms with Crippen LogP contribution in [0, 0.1) is 0 Å². The van der Waals surface area contributed by atoms with Gasteiger partial charge >= 0.3 is 0 Å². The maximum atomic E-state index is 9.77. The first-order valence-electron chi connectivity index (χ1n) is 4.76. The van der Waals surface area contributed by atoms with Crippen molar-refractivity contribution >= 4 is 5.82 Å². The summed E-state index contributed by atoms with van der Waals surface area (Å²) in [5.74, 6) is 0.790. The fraction of sp³-hybridized carbons (Fsp3) is 0.667. The standard InChI is InChI=1S/C9H15N3O/c10-9-7(5-11-12-9)6-3-1-2-4-8(6)13/h5-6,8,13H,1-4H2,(H3,10,11,12). The van der Waals surface area contributed by atoms with Crippen molar-refractivity contribution in [1.82, 2.24) is 10.2 Å². The molecule has 1 aliphatic carbocycles. The number of hydrogen-bond donors (Lipinski definition) is 3. The predicted molar refractivity (Wildman–Crippen MR) is 50.2 cm³/mol. The highest BCUT2D eigenvalue weighted by Gasteiger charge is 2.26. The number of hydrogen-bond acceptors (Lipinski definition) is 3. The number of aliphatic hydroxyl groups is 1. The van der Waals surface area contributed by atoms with E-state index in [1.165, 1.54) is 6.42 Å². The van der Waals surface area contributed by atoms with Gasteiger partial charge in [-0.05, 0) is 12.8 Å². The minimum Gasteiger partial charge on any atom is -0.392 e. The van der Waals surface area contributed by atoms with E-state index in [1.807, 2.05) is 0 Å². The number of nitrogens with zero attached hydrogens (tertiary/aromatic N) is 1. The van der Waals surface area contributed by atoms with Gasteiger partial charge in [0.1, 0.15) is 5.82 Å². The quantitative estimate of drug-likeness (QED) is 0.605. The van der Waals surface area contributed by atoms with E-state index in [-0.39, 0.29) is 12.0 Å². The molecule has 2 rings (SSSR count). The van der Waals surface area contributed by atoms with Crippen LogP contribution < -0.4 is 5.73 Å². The molecule has 0 bridgehead atoms. The number of nitrogens with two attached hydrogens (primary N) is 1. The normalized spacial score (nSPS) is 29.0. The second-order valence-corrected chi connectivity index (χ2v) is 3.70. The summed E-state index contributed by atoms with van der Waals surface area (Å²) in [4.78, 5) is 0. The number of nitrogen functional groups attached to an aromatic ring is 1. The SMILES string of the molecule is Nc1[nH]ncc1C1CCCCC1O. The Morgan fingerprint density at radius 1 is 1.46 bits per heavy atom. The molecule has 1 fully saturated rings. The molecule has 1 aromatic heterocycles. The molecule has 1 heterocycles. The number of aromatic amines is 1. The van der Waals surface area contributed by atoms with E-state index in [0.717, 1.165) is 24.8 Å². The van der Waals surface area contributed by atoms with Crippen LogP contribution >= 0.6 is 0 Å². The van der Waals surface area contributed by atoms with Gasteiger partial charge in [-0.1, -0.05) is 12.8 Å². The van der Waals surface area contributed by atoms with Crippen LogP contribution in [0.2, 0.25) is 0 Å². The number of H-pyrrole nitrogens is 1. The molecular weight excluding hydrogens is 166 g/mol. The summed E-state index contributed by atoms with van der Waals surface area (Å²) in [5.41, 5.74) is 6.68. The lowest BCUT2D eigenvalue weighted by Gasteiger charge is -2.26. The Kier molecular flexibility index (Phi) is 2.22. The van der Waals surface area contributed by atoms with Crippen LogP contribution in [0.15, 0.2) is 6.20 Å². The Labute approximate surface area is 77.1 Å². The molecule has 4 N–H and O–H groups in total. The van der Waals surface area contributed by atoms with Gasteiger partial charge in [0, 0.05) is 11.5 Å². The monoisotopic (exact) mass is 181 g/mol. The Morgan fingerprint density at radius 2 is 2.23 bits per heavy atom. The van der Waals surface area contributed by atoms with Gasteiger partial charge in [0.15, 0.2) is 0 Å². The maximum Gasteiger partial charge on any atom is 0.122 e. The van der Waals surface area contributed by atoms with E-state index < -0.39 is 0 Å². The van der Waals surface area contributed by atoms with Crippen LogP contribution in [0.5, 0.6) is 0 Å². The summed E-state index contributed by atoms with van der Waals surface area (Å²) in [6.45, 7) is 0. The van der Waals surface area contributed by atoms with E-state index in [1.54, 1.807) is 6.20 Å². The Bertz CT molecular complexity index is 284. The molecule has 4 nitrogen and oxygen atoms in total. The lowest BCUT2D eigenvalue weighted by molar-refractivity contribution is 0.106. The molecule has 0 aliphatic heterocycles. The molecule has 0 saturated heterocycles. The topological polar surface area (TPSA) is 74.9 Å². The van der Waals surface area contributed by atoms with Gasteiger partial charge in [-0.2, -0.15) is 5.10 Å². The molecule has 0 spiro atoms. The summed E-state index contributed by atoms with van der Waals surface area (Å²) in [7, 11) is 0. The lowest BCUT2D eigenvalue weighted by atomic mass is 9.82. The summed E-state index contributed by atoms with van der Waals surface area (Å²) >= 11 is 0. The van der Waals surface area contributed by atoms with Gasteiger partial charge in [-0.25, -0.2) is 0 Å². The third-order valence-corrected chi connectivity index (χ3v) is 2.83. The van der Waals surface area contributed by atoms with Crippen molar-refractivity contribution in [2.45, 2.75) is 37.7 Å². The maximum absolute atomic E-state index is 9.77. The van der Waals surface area contributed by atoms with Gasteiger partial charge in [0.05, 0.1) is 12.3 Å². The molecule has 1 aliphatic rings. The van der Waals surface area contributed by atoms with Crippen LogP contribution in [-0.2, 0) is 0 Å². The highest BCUT2D eigenvalue weighted by atomic mass is 16.3. The van der Waals surface area contributed by atoms with Crippen LogP contribution in [0.3, 0.4) is 0 Å². The van der Waals surface area contributed by atoms with Crippen molar-refractivity contribution in [3.05, 3.63) is 11.8 Å². The van der Waals surface area contributed by atoms with Crippen LogP contribution in [0.1, 0.15) is 37.2 Å². The summed E-state index contributed by atoms with van der Waals surface area (Å²) in [6.07, 6.45) is 5.69. The molecule has 1 saturated carbocycles. The summed E-state index contributed by atoms with van der Waals surface area (Å²) in [6, 6.07) is 0. The molecule has 2 atom stereocenters. The first-order valence-corrected chi connectivity index (χ1v) is 4.76. The van der Waals surface area contributed by atoms with Gasteiger partial charge < -0.3 is 10.8 Å². The molecule has 4 heteroatoms. The van der Waals surface area contributed by atoms with Gasteiger partial charge in [-0.3, -0.25) is 5.10 Å². The summed E-state index contributed by atoms with van der Waals surface area (Å²) in [5, 5.41) is 16.3. The predicted octanol–water partition coefficient (Wildman–Crippen LogP) is 1.01. The Morgan fingerprint density at radius 3 is 2.85 bits per heavy atom. The molecule has 0 radical (unpaired) electrons. The van der Waals surface area contributed by atoms with Crippen molar-refractivity contribution in [1.29, 1.82) is 0 Å². The van der Waals surface area contributed by atoms with Crippen LogP contribution in [-0.4, -0.2) is 21.4 Å². The first-order chi connectivity index (χ1) is 6.29. The van der Waals surface area contributed by atoms with Crippen molar-refractivity contribution in [3.63, 3.8) is 0 Å². The molecule has 0 amide bonds. The molecule has 2 unspecified atom stereocenters. The van der Waals surface area contributed by atoms with E-state index in [9.17, 15) is 5.11 Å². The van der Waals surface area contributed by atoms with E-state index >= 15 is 0 Å². The van der Waals surface area contributed by atoms with Gasteiger partial charge in [0.2, 0.25) is 0 Å². The molecule has 1 aromatic rings. The molecule has 0 aromatic carbocycles. The lowest BCUT2D eigenvalue weighted by Crippen LogP contribution is -2.22. The van der Waals surface area contributed by atoms with Crippen molar-refractivity contribution < 1.29 is 5.11 Å². The smallest absolute Gasteiger partial charge is 0.122 e. The van der Waals surface area contributed by atoms with E-state index in [2.05, 4.69) is 10.2 Å². The zero-order valence-electron chi connectivity index (χ0n) is 7.53. The zero-order chi connectivity index (χ0) is 9.26. The van der Waals surface area contributed by atoms with Gasteiger partial charge in [0.25, 0.3) is 0 Å². The fourth-order valence-electron chi connectivity index (χ4n) is 2.07. The third kappa shape index (κ3) is 1.54. The summed E-state index contributed by atoms with van der Waals surface area (Å²) < 4.78 is 0. The van der Waals surface area contributed by atoms with Crippen molar-refractivity contribution in [2.24, 2.45) is 0 Å². The number of nitrogens with one attached hydrogen (secondary N) is 1. The number of aliphatic hydroxyl groups excluding tert-OH is 1. The number of anilines is 1. The van der Waals surface area contributed by atoms with E-state index in [4.69, 9.17) is 5.73 Å². The molecule has 13 heavy (non-hydrogen) atoms. The van der Waals surface area contributed by atoms with Crippen LogP contribution in [0.25, 0.3) is 0 Å². The minimum absolute atomic E-state index is 0.187. The Hall–Kier alpha value is -1.03. The Balaban J connectivity index is 2.19. The fourth-order valence-corrected chi connectivity index (χ4v) is 2.07. The highest BCUT2D eigenvalue weighted by molar-refractivity contribution is 5.40. The average Bonchev–Trinajstić information content (AvgIpc) is 2.52. The van der Waals surface area contributed by atoms with Gasteiger partial charge in [-0.15, -0.1) is 0 Å². The second kappa shape index (κ2) is 3.38. The number of aromatic nitrogens is 2. The first kappa shape index (κ1) is 8.56. The third-order valence-electron chi connectivity index (χ3n) is 2.83. The second-order valence-electron chi connectivity index (χ2n) is 3.70. The van der Waals surface area contributed by atoms with E-state index in [0.29, 0.717) is 5.82 Å². The minimum atomic E-state index is -0.242. The zero-order valence-corrected chi connectivity index (χ0v) is 7.53. The van der Waals surface area contributed by atoms with Crippen LogP contribution in [0.4, 0.5) is 5.82 Å². The average molecular weight is 181 g/mol. The van der Waals surface area contributed by atoms with Crippen molar-refractivity contribution in [3.8, 4) is 0 Å². The highest BCUT2D eigenvalue weighted by Crippen LogP contribution is 2.34. The van der Waals surface area contributed by atoms with Crippen molar-refractivity contribution in [2.75, 3.05) is 5.73 Å². The molecule has 72 valence electrons. The number of rotatable bonds is 1. The molecular formula is C9H15N3O. The largest absolute Gasteiger partial charge is 0.392 e.